The van der Waals surface area contributed by atoms with Gasteiger partial charge in [-0.05, 0) is 60.7 Å². The van der Waals surface area contributed by atoms with Crippen LogP contribution in [0.4, 0.5) is 22.9 Å². The predicted octanol–water partition coefficient (Wildman–Crippen LogP) is 9.46. The molecule has 0 radical (unpaired) electrons. The van der Waals surface area contributed by atoms with Crippen LogP contribution in [-0.4, -0.2) is 9.55 Å². The molecule has 0 aliphatic rings. The molecule has 7 rings (SSSR count). The van der Waals surface area contributed by atoms with E-state index in [1.54, 1.807) is 0 Å². The van der Waals surface area contributed by atoms with Gasteiger partial charge in [-0.2, -0.15) is 4.98 Å². The van der Waals surface area contributed by atoms with Gasteiger partial charge in [0.15, 0.2) is 0 Å². The predicted molar refractivity (Wildman–Crippen MR) is 165 cm³/mol. The number of rotatable bonds is 7. The molecule has 0 fully saturated rings. The number of ether oxygens (including phenoxy) is 1. The molecule has 7 aromatic rings. The van der Waals surface area contributed by atoms with Gasteiger partial charge in [0.05, 0.1) is 22.4 Å². The Kier molecular flexibility index (Phi) is 6.07. The molecule has 2 heterocycles. The molecule has 192 valence electrons. The normalized spacial score (nSPS) is 11.0. The van der Waals surface area contributed by atoms with Crippen molar-refractivity contribution in [3.05, 3.63) is 146 Å². The van der Waals surface area contributed by atoms with Crippen LogP contribution in [0.15, 0.2) is 146 Å². The maximum Gasteiger partial charge on any atom is 0.221 e. The van der Waals surface area contributed by atoms with Gasteiger partial charge in [-0.25, -0.2) is 0 Å². The number of hydrogen-bond acceptors (Lipinski definition) is 4. The van der Waals surface area contributed by atoms with E-state index < -0.39 is 0 Å². The van der Waals surface area contributed by atoms with Gasteiger partial charge in [-0.3, -0.25) is 0 Å². The molecule has 0 aliphatic heterocycles. The monoisotopic (exact) mass is 518 g/mol. The molecule has 2 aromatic heterocycles. The summed E-state index contributed by atoms with van der Waals surface area (Å²) in [7, 11) is 0. The van der Waals surface area contributed by atoms with Crippen LogP contribution >= 0.6 is 0 Å². The van der Waals surface area contributed by atoms with E-state index in [9.17, 15) is 0 Å². The van der Waals surface area contributed by atoms with Crippen molar-refractivity contribution in [1.29, 1.82) is 0 Å². The van der Waals surface area contributed by atoms with Crippen LogP contribution in [0.1, 0.15) is 0 Å². The molecule has 2 N–H and O–H groups in total. The van der Waals surface area contributed by atoms with Gasteiger partial charge in [-0.1, -0.05) is 72.8 Å². The van der Waals surface area contributed by atoms with E-state index >= 15 is 0 Å². The Hall–Kier alpha value is -5.55. The first-order valence-corrected chi connectivity index (χ1v) is 13.2. The Morgan fingerprint density at radius 3 is 2.02 bits per heavy atom. The highest BCUT2D eigenvalue weighted by molar-refractivity contribution is 6.09. The summed E-state index contributed by atoms with van der Waals surface area (Å²) in [6, 6.07) is 49.0. The second-order valence-electron chi connectivity index (χ2n) is 9.49. The lowest BCUT2D eigenvalue weighted by Crippen LogP contribution is -1.99. The summed E-state index contributed by atoms with van der Waals surface area (Å²) in [6.07, 6.45) is 0. The highest BCUT2D eigenvalue weighted by Gasteiger charge is 2.13. The first kappa shape index (κ1) is 23.6. The smallest absolute Gasteiger partial charge is 0.221 e. The van der Waals surface area contributed by atoms with E-state index in [0.29, 0.717) is 11.7 Å². The van der Waals surface area contributed by atoms with Crippen LogP contribution in [-0.2, 0) is 0 Å². The average molecular weight is 519 g/mol. The van der Waals surface area contributed by atoms with Crippen LogP contribution in [0.3, 0.4) is 0 Å². The van der Waals surface area contributed by atoms with Gasteiger partial charge >= 0.3 is 0 Å². The molecule has 40 heavy (non-hydrogen) atoms. The van der Waals surface area contributed by atoms with Crippen molar-refractivity contribution in [3.8, 4) is 17.3 Å². The van der Waals surface area contributed by atoms with Gasteiger partial charge in [0.1, 0.15) is 11.6 Å². The van der Waals surface area contributed by atoms with E-state index in [2.05, 4.69) is 75.9 Å². The molecular weight excluding hydrogens is 492 g/mol. The maximum absolute atomic E-state index is 6.30. The summed E-state index contributed by atoms with van der Waals surface area (Å²) in [4.78, 5) is 4.75. The first-order chi connectivity index (χ1) is 19.8. The number of anilines is 4. The van der Waals surface area contributed by atoms with E-state index in [-0.39, 0.29) is 0 Å². The lowest BCUT2D eigenvalue weighted by molar-refractivity contribution is 0.464. The number of nitrogens with zero attached hydrogens (tertiary/aromatic N) is 2. The quantitative estimate of drug-likeness (QED) is 0.221. The van der Waals surface area contributed by atoms with Crippen molar-refractivity contribution in [1.82, 2.24) is 9.55 Å². The second kappa shape index (κ2) is 10.3. The minimum atomic E-state index is 0.514. The minimum Gasteiger partial charge on any atom is -0.439 e. The summed E-state index contributed by atoms with van der Waals surface area (Å²) < 4.78 is 8.57. The Labute approximate surface area is 232 Å². The van der Waals surface area contributed by atoms with Gasteiger partial charge < -0.3 is 19.9 Å². The van der Waals surface area contributed by atoms with Gasteiger partial charge in [0.25, 0.3) is 0 Å². The Morgan fingerprint density at radius 1 is 0.525 bits per heavy atom. The van der Waals surface area contributed by atoms with Crippen molar-refractivity contribution in [2.75, 3.05) is 10.6 Å². The molecule has 5 aromatic carbocycles. The minimum absolute atomic E-state index is 0.514. The lowest BCUT2D eigenvalue weighted by atomic mass is 10.1. The lowest BCUT2D eigenvalue weighted by Gasteiger charge is -2.14. The highest BCUT2D eigenvalue weighted by atomic mass is 16.5. The molecule has 0 saturated heterocycles. The zero-order valence-corrected chi connectivity index (χ0v) is 21.7. The Morgan fingerprint density at radius 2 is 1.20 bits per heavy atom. The number of aromatic nitrogens is 2. The van der Waals surface area contributed by atoms with Crippen molar-refractivity contribution < 1.29 is 4.74 Å². The summed E-state index contributed by atoms with van der Waals surface area (Å²) in [6.45, 7) is 0. The number of pyridine rings is 1. The fourth-order valence-corrected chi connectivity index (χ4v) is 5.05. The van der Waals surface area contributed by atoms with Crippen LogP contribution < -0.4 is 15.4 Å². The third kappa shape index (κ3) is 4.61. The Bertz CT molecular complexity index is 1930. The van der Waals surface area contributed by atoms with Crippen molar-refractivity contribution in [2.45, 2.75) is 0 Å². The van der Waals surface area contributed by atoms with E-state index in [4.69, 9.17) is 9.72 Å². The number of fused-ring (bicyclic) bond motifs is 3. The van der Waals surface area contributed by atoms with Crippen LogP contribution in [0, 0.1) is 0 Å². The molecule has 0 spiro atoms. The molecule has 5 nitrogen and oxygen atoms in total. The second-order valence-corrected chi connectivity index (χ2v) is 9.49. The third-order valence-electron chi connectivity index (χ3n) is 6.85. The molecule has 0 aliphatic carbocycles. The molecule has 0 amide bonds. The zero-order valence-electron chi connectivity index (χ0n) is 21.7. The van der Waals surface area contributed by atoms with E-state index in [1.807, 2.05) is 84.9 Å². The van der Waals surface area contributed by atoms with E-state index in [0.717, 1.165) is 39.5 Å². The highest BCUT2D eigenvalue weighted by Crippen LogP contribution is 2.35. The first-order valence-electron chi connectivity index (χ1n) is 13.2. The van der Waals surface area contributed by atoms with Crippen molar-refractivity contribution in [2.24, 2.45) is 0 Å². The fourth-order valence-electron chi connectivity index (χ4n) is 5.05. The van der Waals surface area contributed by atoms with Crippen molar-refractivity contribution in [3.63, 3.8) is 0 Å². The molecule has 0 saturated carbocycles. The number of hydrogen-bond donors (Lipinski definition) is 2. The average Bonchev–Trinajstić information content (AvgIpc) is 3.33. The standard InChI is InChI=1S/C35H26N4O/c1-3-12-25(13-4-1)36-30-17-8-9-18-31(30)37-34-20-11-21-35(38-34)40-27-22-23-29-28-16-7-10-19-32(28)39(33(29)24-27)26-14-5-2-6-15-26/h1-24,36H,(H,37,38). The van der Waals surface area contributed by atoms with Gasteiger partial charge in [0.2, 0.25) is 5.88 Å². The maximum atomic E-state index is 6.30. The van der Waals surface area contributed by atoms with Crippen molar-refractivity contribution >= 4 is 44.7 Å². The fraction of sp³-hybridized carbons (Fsp3) is 0. The van der Waals surface area contributed by atoms with Crippen LogP contribution in [0.5, 0.6) is 11.6 Å². The number of para-hydroxylation sites is 5. The van der Waals surface area contributed by atoms with Gasteiger partial charge in [0, 0.05) is 34.3 Å². The zero-order chi connectivity index (χ0) is 26.7. The molecular formula is C35H26N4O. The van der Waals surface area contributed by atoms with E-state index in [1.165, 1.54) is 10.8 Å². The third-order valence-corrected chi connectivity index (χ3v) is 6.85. The molecule has 0 atom stereocenters. The SMILES string of the molecule is c1ccc(Nc2ccccc2Nc2cccc(Oc3ccc4c5ccccc5n(-c5ccccc5)c4c3)n2)cc1. The van der Waals surface area contributed by atoms with Gasteiger partial charge in [-0.15, -0.1) is 0 Å². The summed E-state index contributed by atoms with van der Waals surface area (Å²) in [5.41, 5.74) is 6.25. The largest absolute Gasteiger partial charge is 0.439 e. The molecule has 5 heteroatoms. The Balaban J connectivity index is 1.20. The molecule has 0 unspecified atom stereocenters. The topological polar surface area (TPSA) is 51.1 Å². The van der Waals surface area contributed by atoms with Crippen LogP contribution in [0.25, 0.3) is 27.5 Å². The summed E-state index contributed by atoms with van der Waals surface area (Å²) in [5, 5.41) is 9.30. The van der Waals surface area contributed by atoms with Crippen LogP contribution in [0.2, 0.25) is 0 Å². The number of nitrogens with one attached hydrogen (secondary N) is 2. The summed E-state index contributed by atoms with van der Waals surface area (Å²) >= 11 is 0. The number of benzene rings is 5. The summed E-state index contributed by atoms with van der Waals surface area (Å²) in [5.74, 6) is 1.93. The molecule has 0 bridgehead atoms.